The lowest BCUT2D eigenvalue weighted by Crippen LogP contribution is -2.34. The van der Waals surface area contributed by atoms with Crippen LogP contribution in [0, 0.1) is 11.8 Å². The minimum Gasteiger partial charge on any atom is -0.494 e. The lowest BCUT2D eigenvalue weighted by atomic mass is 10.0. The first kappa shape index (κ1) is 51.5. The number of fused-ring (bicyclic) bond motifs is 2. The Morgan fingerprint density at radius 2 is 1.22 bits per heavy atom. The van der Waals surface area contributed by atoms with Crippen molar-refractivity contribution in [1.29, 1.82) is 0 Å². The first-order valence-electron chi connectivity index (χ1n) is 23.0. The molecule has 6 aromatic rings. The Kier molecular flexibility index (Phi) is 18.1. The van der Waals surface area contributed by atoms with E-state index < -0.39 is 11.6 Å². The molecule has 2 aromatic carbocycles. The molecule has 0 unspecified atom stereocenters. The average Bonchev–Trinajstić information content (AvgIpc) is 4.15. The molecule has 0 aliphatic heterocycles. The van der Waals surface area contributed by atoms with Gasteiger partial charge < -0.3 is 44.4 Å². The summed E-state index contributed by atoms with van der Waals surface area (Å²) >= 11 is 1.91. The Morgan fingerprint density at radius 3 is 1.62 bits per heavy atom. The number of nitrogens with zero attached hydrogens (tertiary/aromatic N) is 10. The van der Waals surface area contributed by atoms with Crippen LogP contribution in [0.3, 0.4) is 0 Å². The summed E-state index contributed by atoms with van der Waals surface area (Å²) in [5, 5.41) is 44.4. The van der Waals surface area contributed by atoms with Gasteiger partial charge in [-0.2, -0.15) is 19.3 Å². The monoisotopic (exact) mass is 1050 g/mol. The highest BCUT2D eigenvalue weighted by atomic mass is 127. The Balaban J connectivity index is 0.000000200. The molecule has 4 aromatic heterocycles. The molecule has 4 heterocycles. The Labute approximate surface area is 409 Å². The van der Waals surface area contributed by atoms with Crippen LogP contribution < -0.4 is 31.2 Å². The number of hydrogen-bond donors (Lipinski definition) is 6. The van der Waals surface area contributed by atoms with Gasteiger partial charge in [0, 0.05) is 24.5 Å². The van der Waals surface area contributed by atoms with Crippen LogP contribution in [0.2, 0.25) is 0 Å². The van der Waals surface area contributed by atoms with Crippen molar-refractivity contribution in [2.45, 2.75) is 116 Å². The van der Waals surface area contributed by atoms with Gasteiger partial charge in [-0.25, -0.2) is 9.97 Å². The highest BCUT2D eigenvalue weighted by molar-refractivity contribution is 14.1. The molecular formula is C46H63IN14O7. The summed E-state index contributed by atoms with van der Waals surface area (Å²) in [6.45, 7) is 13.8. The Morgan fingerprint density at radius 1 is 0.750 bits per heavy atom. The molecule has 2 fully saturated rings. The summed E-state index contributed by atoms with van der Waals surface area (Å²) in [5.41, 5.74) is 8.39. The second kappa shape index (κ2) is 23.9. The molecular weight excluding hydrogens is 988 g/mol. The van der Waals surface area contributed by atoms with Crippen LogP contribution in [-0.2, 0) is 12.7 Å². The van der Waals surface area contributed by atoms with Crippen molar-refractivity contribution in [1.82, 2.24) is 55.2 Å². The maximum atomic E-state index is 12.6. The number of ether oxygens (including phenoxy) is 2. The van der Waals surface area contributed by atoms with Crippen molar-refractivity contribution in [2.75, 3.05) is 36.9 Å². The van der Waals surface area contributed by atoms with Crippen LogP contribution >= 0.6 is 23.0 Å². The standard InChI is InChI=1S/C23H30IN7O3.C18H20N6O3.C5H13NO/c1-4-33-18-9-7-17(8-10-18)31-20-19(29-30-31)14-26-22(28-20)27-16-6-5-15(13-16)21(32)25-12-11-23(2,3)34-24;1-2-27-14-7-5-13(6-8-14)24-16-15(22-23-24)10-19-18(21-16)20-12-4-3-11(9-12)17(25)26;1-5(2,7)3-4-6/h7-10,14-16H,4-6,11-13H2,1-3H3,(H,25,32)(H,26,27,28);5-8,10-12H,2-4,9H2,1H3,(H,25,26)(H,19,20,21);7H,3-4,6H2,1-2H3/t15-,16-;11-,12-;/m11./s1. The number of carboxylic acids is 1. The predicted octanol–water partition coefficient (Wildman–Crippen LogP) is 6.22. The second-order valence-corrected chi connectivity index (χ2v) is 18.4. The number of aromatic nitrogens is 10. The van der Waals surface area contributed by atoms with E-state index in [1.807, 2.05) is 99.2 Å². The summed E-state index contributed by atoms with van der Waals surface area (Å²) < 4.78 is 19.7. The van der Waals surface area contributed by atoms with Gasteiger partial charge in [-0.05, 0) is 148 Å². The molecule has 2 aliphatic carbocycles. The molecule has 2 aliphatic rings. The van der Waals surface area contributed by atoms with Gasteiger partial charge in [0.2, 0.25) is 17.8 Å². The number of anilines is 2. The molecule has 366 valence electrons. The van der Waals surface area contributed by atoms with Gasteiger partial charge in [0.25, 0.3) is 0 Å². The van der Waals surface area contributed by atoms with Crippen molar-refractivity contribution in [3.63, 3.8) is 0 Å². The maximum Gasteiger partial charge on any atom is 0.306 e. The molecule has 21 nitrogen and oxygen atoms in total. The molecule has 4 atom stereocenters. The number of amides is 1. The van der Waals surface area contributed by atoms with Gasteiger partial charge in [0.05, 0.1) is 54.1 Å². The van der Waals surface area contributed by atoms with E-state index in [1.54, 1.807) is 35.6 Å². The maximum absolute atomic E-state index is 12.6. The zero-order chi connectivity index (χ0) is 48.8. The Hall–Kier alpha value is -5.85. The van der Waals surface area contributed by atoms with Gasteiger partial charge in [-0.1, -0.05) is 10.4 Å². The van der Waals surface area contributed by atoms with Crippen LogP contribution in [0.1, 0.15) is 92.9 Å². The van der Waals surface area contributed by atoms with E-state index in [1.165, 1.54) is 0 Å². The number of hydrogen-bond acceptors (Lipinski definition) is 17. The van der Waals surface area contributed by atoms with E-state index in [-0.39, 0.29) is 35.4 Å². The van der Waals surface area contributed by atoms with Crippen LogP contribution in [-0.4, -0.2) is 122 Å². The highest BCUT2D eigenvalue weighted by Gasteiger charge is 2.32. The summed E-state index contributed by atoms with van der Waals surface area (Å²) in [6.07, 6.45) is 9.22. The smallest absolute Gasteiger partial charge is 0.306 e. The largest absolute Gasteiger partial charge is 0.494 e. The zero-order valence-corrected chi connectivity index (χ0v) is 41.6. The van der Waals surface area contributed by atoms with Crippen molar-refractivity contribution in [3.05, 3.63) is 60.9 Å². The fourth-order valence-electron chi connectivity index (χ4n) is 7.72. The van der Waals surface area contributed by atoms with E-state index in [0.29, 0.717) is 79.8 Å². The van der Waals surface area contributed by atoms with Gasteiger partial charge in [0.15, 0.2) is 22.3 Å². The van der Waals surface area contributed by atoms with Crippen LogP contribution in [0.15, 0.2) is 60.9 Å². The van der Waals surface area contributed by atoms with Crippen LogP contribution in [0.25, 0.3) is 33.7 Å². The number of nitrogens with one attached hydrogen (secondary N) is 3. The number of aliphatic carboxylic acids is 1. The number of halogens is 1. The molecule has 1 amide bonds. The normalized spacial score (nSPS) is 18.0. The molecule has 68 heavy (non-hydrogen) atoms. The number of aliphatic hydroxyl groups is 1. The van der Waals surface area contributed by atoms with Gasteiger partial charge in [-0.15, -0.1) is 10.2 Å². The fourth-order valence-corrected chi connectivity index (χ4v) is 7.94. The average molecular weight is 1050 g/mol. The number of rotatable bonds is 18. The second-order valence-electron chi connectivity index (χ2n) is 17.9. The van der Waals surface area contributed by atoms with Gasteiger partial charge in [-0.3, -0.25) is 9.59 Å². The molecule has 7 N–H and O–H groups in total. The summed E-state index contributed by atoms with van der Waals surface area (Å²) in [7, 11) is 0. The van der Waals surface area contributed by atoms with Gasteiger partial charge >= 0.3 is 5.97 Å². The van der Waals surface area contributed by atoms with Crippen LogP contribution in [0.4, 0.5) is 11.9 Å². The molecule has 2 saturated carbocycles. The lowest BCUT2D eigenvalue weighted by Gasteiger charge is -2.21. The quantitative estimate of drug-likeness (QED) is 0.0521. The minimum atomic E-state index is -0.742. The van der Waals surface area contributed by atoms with E-state index in [0.717, 1.165) is 55.0 Å². The number of nitrogens with two attached hydrogens (primary N) is 1. The third kappa shape index (κ3) is 14.6. The molecule has 0 saturated heterocycles. The molecule has 8 rings (SSSR count). The number of benzene rings is 2. The van der Waals surface area contributed by atoms with E-state index in [9.17, 15) is 9.59 Å². The van der Waals surface area contributed by atoms with Crippen molar-refractivity contribution in [2.24, 2.45) is 17.6 Å². The molecule has 0 bridgehead atoms. The number of carbonyl (C=O) groups is 2. The highest BCUT2D eigenvalue weighted by Crippen LogP contribution is 2.30. The van der Waals surface area contributed by atoms with Crippen molar-refractivity contribution >= 4 is 69.1 Å². The molecule has 0 radical (unpaired) electrons. The first-order valence-corrected chi connectivity index (χ1v) is 23.9. The Bertz CT molecular complexity index is 2550. The summed E-state index contributed by atoms with van der Waals surface area (Å²) in [4.78, 5) is 41.6. The minimum absolute atomic E-state index is 0.0130. The first-order chi connectivity index (χ1) is 32.6. The number of carbonyl (C=O) groups excluding carboxylic acids is 1. The van der Waals surface area contributed by atoms with E-state index >= 15 is 0 Å². The lowest BCUT2D eigenvalue weighted by molar-refractivity contribution is -0.141. The van der Waals surface area contributed by atoms with E-state index in [4.69, 9.17) is 28.5 Å². The third-order valence-electron chi connectivity index (χ3n) is 11.4. The molecule has 22 heteroatoms. The summed E-state index contributed by atoms with van der Waals surface area (Å²) in [6, 6.07) is 15.3. The third-order valence-corrected chi connectivity index (χ3v) is 12.6. The van der Waals surface area contributed by atoms with Crippen molar-refractivity contribution in [3.8, 4) is 22.9 Å². The van der Waals surface area contributed by atoms with Crippen molar-refractivity contribution < 1.29 is 32.3 Å². The number of carboxylic acid groups (broad SMARTS) is 1. The SMILES string of the molecule is CC(C)(O)CCN.CCOc1ccc(-n2nnc3cnc(N[C@@H]4CC[C@@H](C(=O)NCCC(C)(C)OI)C4)nc32)cc1.CCOc1ccc(-n2nnc3cnc(N[C@@H]4CC[C@@H](C(=O)O)C4)nc32)cc1. The molecule has 0 spiro atoms. The van der Waals surface area contributed by atoms with Crippen LogP contribution in [0.5, 0.6) is 11.5 Å². The van der Waals surface area contributed by atoms with E-state index in [2.05, 4.69) is 56.5 Å². The topological polar surface area (TPSA) is 277 Å². The fraction of sp³-hybridized carbons (Fsp3) is 0.522. The zero-order valence-electron chi connectivity index (χ0n) is 39.4. The summed E-state index contributed by atoms with van der Waals surface area (Å²) in [5.74, 6) is 1.59. The predicted molar refractivity (Wildman–Crippen MR) is 265 cm³/mol. The van der Waals surface area contributed by atoms with Gasteiger partial charge in [0.1, 0.15) is 34.5 Å².